The number of nitrogens with zero attached hydrogens (tertiary/aromatic N) is 1. The lowest BCUT2D eigenvalue weighted by Gasteiger charge is -2.07. The van der Waals surface area contributed by atoms with Crippen LogP contribution in [0.15, 0.2) is 52.4 Å². The van der Waals surface area contributed by atoms with Crippen LogP contribution >= 0.6 is 0 Å². The Morgan fingerprint density at radius 1 is 1.00 bits per heavy atom. The van der Waals surface area contributed by atoms with Gasteiger partial charge in [-0.1, -0.05) is 6.07 Å². The van der Waals surface area contributed by atoms with Crippen molar-refractivity contribution in [1.82, 2.24) is 9.97 Å². The lowest BCUT2D eigenvalue weighted by atomic mass is 10.2. The minimum absolute atomic E-state index is 0.0304. The van der Waals surface area contributed by atoms with Gasteiger partial charge in [0.05, 0.1) is 22.3 Å². The molecular weight excluding hydrogens is 366 g/mol. The molecule has 3 rings (SSSR count). The number of anilines is 2. The number of ketones is 1. The van der Waals surface area contributed by atoms with E-state index in [-0.39, 0.29) is 11.3 Å². The number of Topliss-reactive ketones (excluding diaryl/α,β-unsaturated/α-hetero) is 1. The fraction of sp³-hybridized carbons (Fsp3) is 0.0556. The van der Waals surface area contributed by atoms with E-state index in [0.29, 0.717) is 22.4 Å². The summed E-state index contributed by atoms with van der Waals surface area (Å²) < 4.78 is 0. The first-order valence-corrected chi connectivity index (χ1v) is 8.05. The average molecular weight is 381 g/mol. The van der Waals surface area contributed by atoms with Crippen LogP contribution in [0.5, 0.6) is 0 Å². The number of aromatic nitrogens is 2. The third-order valence-electron chi connectivity index (χ3n) is 3.73. The number of aromatic amines is 2. The molecule has 1 amide bonds. The van der Waals surface area contributed by atoms with Gasteiger partial charge in [-0.15, -0.1) is 0 Å². The Morgan fingerprint density at radius 2 is 1.75 bits per heavy atom. The van der Waals surface area contributed by atoms with Gasteiger partial charge in [-0.2, -0.15) is 5.10 Å². The maximum absolute atomic E-state index is 12.4. The predicted octanol–water partition coefficient (Wildman–Crippen LogP) is 1.55. The lowest BCUT2D eigenvalue weighted by molar-refractivity contribution is -0.114. The quantitative estimate of drug-likeness (QED) is 0.248. The highest BCUT2D eigenvalue weighted by Crippen LogP contribution is 2.15. The van der Waals surface area contributed by atoms with Crippen LogP contribution in [-0.2, 0) is 9.59 Å². The molecule has 10 heteroatoms. The summed E-state index contributed by atoms with van der Waals surface area (Å²) in [6.45, 7) is 1.18. The van der Waals surface area contributed by atoms with Crippen molar-refractivity contribution >= 4 is 45.8 Å². The van der Waals surface area contributed by atoms with Gasteiger partial charge in [0.1, 0.15) is 0 Å². The summed E-state index contributed by atoms with van der Waals surface area (Å²) >= 11 is 0. The maximum atomic E-state index is 12.4. The van der Waals surface area contributed by atoms with Crippen LogP contribution in [0.25, 0.3) is 11.0 Å². The van der Waals surface area contributed by atoms with Crippen LogP contribution in [0.4, 0.5) is 11.4 Å². The molecule has 0 fully saturated rings. The highest BCUT2D eigenvalue weighted by molar-refractivity contribution is 6.67. The number of carbonyl (C=O) groups excluding carboxylic acids is 2. The second-order valence-corrected chi connectivity index (χ2v) is 5.81. The Balaban J connectivity index is 1.80. The van der Waals surface area contributed by atoms with E-state index in [1.165, 1.54) is 31.2 Å². The highest BCUT2D eigenvalue weighted by Gasteiger charge is 2.17. The van der Waals surface area contributed by atoms with Crippen molar-refractivity contribution < 1.29 is 19.5 Å². The smallest absolute Gasteiger partial charge is 0.335 e. The largest absolute Gasteiger partial charge is 0.478 e. The summed E-state index contributed by atoms with van der Waals surface area (Å²) in [5, 5.41) is 15.3. The first-order chi connectivity index (χ1) is 13.3. The molecule has 0 aliphatic carbocycles. The summed E-state index contributed by atoms with van der Waals surface area (Å²) in [5.74, 6) is -2.46. The molecule has 2 aromatic carbocycles. The molecule has 0 saturated heterocycles. The first-order valence-electron chi connectivity index (χ1n) is 8.05. The molecule has 0 unspecified atom stereocenters. The Hall–Kier alpha value is -4.21. The number of amides is 1. The van der Waals surface area contributed by atoms with Crippen LogP contribution in [-0.4, -0.2) is 38.4 Å². The van der Waals surface area contributed by atoms with Crippen molar-refractivity contribution in [3.8, 4) is 0 Å². The molecule has 0 radical (unpaired) electrons. The van der Waals surface area contributed by atoms with Crippen LogP contribution in [0.1, 0.15) is 17.3 Å². The van der Waals surface area contributed by atoms with Gasteiger partial charge in [0.2, 0.25) is 0 Å². The molecule has 0 bridgehead atoms. The minimum Gasteiger partial charge on any atom is -0.478 e. The van der Waals surface area contributed by atoms with Gasteiger partial charge >= 0.3 is 11.7 Å². The highest BCUT2D eigenvalue weighted by atomic mass is 16.4. The van der Waals surface area contributed by atoms with Gasteiger partial charge in [-0.25, -0.2) is 9.59 Å². The number of aromatic carboxylic acids is 1. The zero-order chi connectivity index (χ0) is 20.3. The van der Waals surface area contributed by atoms with Gasteiger partial charge < -0.3 is 20.4 Å². The number of benzene rings is 2. The molecule has 0 saturated carbocycles. The zero-order valence-corrected chi connectivity index (χ0v) is 14.6. The Kier molecular flexibility index (Phi) is 5.03. The van der Waals surface area contributed by atoms with Crippen molar-refractivity contribution in [3.63, 3.8) is 0 Å². The normalized spacial score (nSPS) is 11.2. The maximum Gasteiger partial charge on any atom is 0.335 e. The van der Waals surface area contributed by atoms with E-state index in [1.807, 2.05) is 0 Å². The topological polar surface area (TPSA) is 157 Å². The molecule has 10 nitrogen and oxygen atoms in total. The molecule has 0 aliphatic heterocycles. The third-order valence-corrected chi connectivity index (χ3v) is 3.73. The van der Waals surface area contributed by atoms with E-state index in [4.69, 9.17) is 5.11 Å². The number of hydrazone groups is 1. The fourth-order valence-corrected chi connectivity index (χ4v) is 2.43. The lowest BCUT2D eigenvalue weighted by Crippen LogP contribution is -2.29. The van der Waals surface area contributed by atoms with Crippen LogP contribution in [0.3, 0.4) is 0 Å². The average Bonchev–Trinajstić information content (AvgIpc) is 3.01. The standard InChI is InChI=1S/C18H15N5O5/c1-9(24)15(23-22-12-4-2-3-10(7-12)17(26)27)16(25)19-11-5-6-13-14(8-11)21-18(28)20-13/h2-8,22H,1H3,(H,19,25)(H,26,27)(H2,20,21,28)/b23-15-. The van der Waals surface area contributed by atoms with E-state index in [2.05, 4.69) is 25.8 Å². The van der Waals surface area contributed by atoms with Gasteiger partial charge in [0, 0.05) is 12.6 Å². The Labute approximate surface area is 157 Å². The summed E-state index contributed by atoms with van der Waals surface area (Å²) in [5.41, 5.74) is 3.49. The summed E-state index contributed by atoms with van der Waals surface area (Å²) in [6.07, 6.45) is 0. The molecule has 5 N–H and O–H groups in total. The number of carbonyl (C=O) groups is 3. The van der Waals surface area contributed by atoms with E-state index in [0.717, 1.165) is 0 Å². The summed E-state index contributed by atoms with van der Waals surface area (Å²) in [7, 11) is 0. The number of nitrogens with one attached hydrogen (secondary N) is 4. The predicted molar refractivity (Wildman–Crippen MR) is 103 cm³/mol. The number of H-pyrrole nitrogens is 2. The van der Waals surface area contributed by atoms with Crippen molar-refractivity contribution in [1.29, 1.82) is 0 Å². The molecule has 142 valence electrons. The number of carboxylic acids is 1. The second-order valence-electron chi connectivity index (χ2n) is 5.81. The Bertz CT molecular complexity index is 1170. The van der Waals surface area contributed by atoms with Gasteiger partial charge in [0.25, 0.3) is 5.91 Å². The number of rotatable bonds is 6. The summed E-state index contributed by atoms with van der Waals surface area (Å²) in [6, 6.07) is 10.5. The van der Waals surface area contributed by atoms with Gasteiger partial charge in [0.15, 0.2) is 11.5 Å². The third kappa shape index (κ3) is 4.12. The van der Waals surface area contributed by atoms with E-state index in [1.54, 1.807) is 18.2 Å². The minimum atomic E-state index is -1.12. The number of hydrogen-bond donors (Lipinski definition) is 5. The molecule has 1 aromatic heterocycles. The van der Waals surface area contributed by atoms with E-state index >= 15 is 0 Å². The van der Waals surface area contributed by atoms with Crippen LogP contribution in [0, 0.1) is 0 Å². The van der Waals surface area contributed by atoms with Crippen molar-refractivity contribution in [2.45, 2.75) is 6.92 Å². The number of fused-ring (bicyclic) bond motifs is 1. The van der Waals surface area contributed by atoms with Crippen molar-refractivity contribution in [2.75, 3.05) is 10.7 Å². The number of hydrogen-bond acceptors (Lipinski definition) is 6. The first kappa shape index (κ1) is 18.6. The SMILES string of the molecule is CC(=O)/C(=N/Nc1cccc(C(=O)O)c1)C(=O)Nc1ccc2[nH]c(=O)[nH]c2c1. The van der Waals surface area contributed by atoms with E-state index < -0.39 is 23.4 Å². The number of carboxylic acid groups (broad SMARTS) is 1. The molecule has 0 spiro atoms. The Morgan fingerprint density at radius 3 is 2.46 bits per heavy atom. The molecule has 28 heavy (non-hydrogen) atoms. The molecular formula is C18H15N5O5. The van der Waals surface area contributed by atoms with Crippen LogP contribution < -0.4 is 16.4 Å². The van der Waals surface area contributed by atoms with Crippen molar-refractivity contribution in [2.24, 2.45) is 5.10 Å². The molecule has 1 heterocycles. The molecule has 0 atom stereocenters. The van der Waals surface area contributed by atoms with Gasteiger partial charge in [-0.05, 0) is 36.4 Å². The van der Waals surface area contributed by atoms with Crippen molar-refractivity contribution in [3.05, 3.63) is 58.5 Å². The van der Waals surface area contributed by atoms with E-state index in [9.17, 15) is 19.2 Å². The molecule has 0 aliphatic rings. The monoisotopic (exact) mass is 381 g/mol. The second kappa shape index (κ2) is 7.58. The fourth-order valence-electron chi connectivity index (χ4n) is 2.43. The van der Waals surface area contributed by atoms with Crippen LogP contribution in [0.2, 0.25) is 0 Å². The molecule has 3 aromatic rings. The van der Waals surface area contributed by atoms with Gasteiger partial charge in [-0.3, -0.25) is 15.0 Å². The summed E-state index contributed by atoms with van der Waals surface area (Å²) in [4.78, 5) is 51.7. The zero-order valence-electron chi connectivity index (χ0n) is 14.6. The number of imidazole rings is 1.